The van der Waals surface area contributed by atoms with Gasteiger partial charge in [-0.25, -0.2) is 8.42 Å². The molecule has 0 atom stereocenters. The van der Waals surface area contributed by atoms with Gasteiger partial charge in [0.05, 0.1) is 7.11 Å². The zero-order valence-corrected chi connectivity index (χ0v) is 18.5. The number of thiophene rings is 1. The minimum absolute atomic E-state index is 0.0875. The first-order chi connectivity index (χ1) is 14.4. The highest BCUT2D eigenvalue weighted by Gasteiger charge is 2.22. The predicted molar refractivity (Wildman–Crippen MR) is 120 cm³/mol. The van der Waals surface area contributed by atoms with Crippen LogP contribution in [0.25, 0.3) is 0 Å². The number of sulfonamides is 1. The maximum atomic E-state index is 13.0. The Morgan fingerprint density at radius 2 is 1.87 bits per heavy atom. The van der Waals surface area contributed by atoms with E-state index in [1.165, 1.54) is 24.1 Å². The van der Waals surface area contributed by atoms with Crippen LogP contribution in [0, 0.1) is 0 Å². The predicted octanol–water partition coefficient (Wildman–Crippen LogP) is 4.09. The molecule has 0 saturated carbocycles. The lowest BCUT2D eigenvalue weighted by Gasteiger charge is -2.13. The SMILES string of the molecule is CCc1ccc(NS(=O)(=O)c2cc(C(=O)NCCc3cccs3)ccc2OC)cc1. The summed E-state index contributed by atoms with van der Waals surface area (Å²) in [6, 6.07) is 15.5. The zero-order valence-electron chi connectivity index (χ0n) is 16.8. The number of carbonyl (C=O) groups excluding carboxylic acids is 1. The second-order valence-electron chi connectivity index (χ2n) is 6.61. The van der Waals surface area contributed by atoms with Gasteiger partial charge in [0.2, 0.25) is 0 Å². The highest BCUT2D eigenvalue weighted by Crippen LogP contribution is 2.27. The molecule has 0 bridgehead atoms. The number of rotatable bonds is 9. The molecule has 0 unspecified atom stereocenters. The van der Waals surface area contributed by atoms with Crippen LogP contribution in [0.2, 0.25) is 0 Å². The molecule has 2 N–H and O–H groups in total. The van der Waals surface area contributed by atoms with Crippen molar-refractivity contribution in [2.75, 3.05) is 18.4 Å². The lowest BCUT2D eigenvalue weighted by atomic mass is 10.2. The third-order valence-corrected chi connectivity index (χ3v) is 6.91. The Balaban J connectivity index is 1.77. The van der Waals surface area contributed by atoms with Gasteiger partial charge in [-0.1, -0.05) is 25.1 Å². The molecule has 1 amide bonds. The molecule has 3 rings (SSSR count). The number of benzene rings is 2. The number of ether oxygens (including phenoxy) is 1. The first kappa shape index (κ1) is 21.9. The average molecular weight is 445 g/mol. The Kier molecular flexibility index (Phi) is 7.12. The molecule has 0 saturated heterocycles. The van der Waals surface area contributed by atoms with Crippen molar-refractivity contribution in [1.29, 1.82) is 0 Å². The van der Waals surface area contributed by atoms with Crippen molar-refractivity contribution < 1.29 is 17.9 Å². The lowest BCUT2D eigenvalue weighted by molar-refractivity contribution is 0.0954. The number of hydrogen-bond donors (Lipinski definition) is 2. The number of nitrogens with one attached hydrogen (secondary N) is 2. The van der Waals surface area contributed by atoms with E-state index in [1.54, 1.807) is 29.5 Å². The number of hydrogen-bond acceptors (Lipinski definition) is 5. The summed E-state index contributed by atoms with van der Waals surface area (Å²) in [5, 5.41) is 4.81. The Labute approximate surface area is 181 Å². The Morgan fingerprint density at radius 3 is 2.50 bits per heavy atom. The van der Waals surface area contributed by atoms with Gasteiger partial charge in [-0.2, -0.15) is 0 Å². The van der Waals surface area contributed by atoms with Crippen LogP contribution in [0.3, 0.4) is 0 Å². The summed E-state index contributed by atoms with van der Waals surface area (Å²) in [4.78, 5) is 13.6. The second-order valence-corrected chi connectivity index (χ2v) is 9.29. The molecule has 1 aromatic heterocycles. The quantitative estimate of drug-likeness (QED) is 0.521. The van der Waals surface area contributed by atoms with Gasteiger partial charge < -0.3 is 10.1 Å². The minimum atomic E-state index is -3.94. The van der Waals surface area contributed by atoms with Gasteiger partial charge >= 0.3 is 0 Å². The van der Waals surface area contributed by atoms with E-state index in [0.717, 1.165) is 18.4 Å². The molecule has 30 heavy (non-hydrogen) atoms. The van der Waals surface area contributed by atoms with Crippen molar-refractivity contribution in [3.05, 3.63) is 76.0 Å². The van der Waals surface area contributed by atoms with Crippen LogP contribution < -0.4 is 14.8 Å². The minimum Gasteiger partial charge on any atom is -0.495 e. The van der Waals surface area contributed by atoms with E-state index in [2.05, 4.69) is 10.0 Å². The highest BCUT2D eigenvalue weighted by molar-refractivity contribution is 7.92. The van der Waals surface area contributed by atoms with Crippen LogP contribution in [0.1, 0.15) is 27.7 Å². The molecule has 0 aliphatic carbocycles. The van der Waals surface area contributed by atoms with Gasteiger partial charge in [0.15, 0.2) is 0 Å². The summed E-state index contributed by atoms with van der Waals surface area (Å²) in [6.45, 7) is 2.50. The van der Waals surface area contributed by atoms with Gasteiger partial charge in [-0.3, -0.25) is 9.52 Å². The molecule has 2 aromatic carbocycles. The molecule has 8 heteroatoms. The van der Waals surface area contributed by atoms with Crippen molar-refractivity contribution in [3.63, 3.8) is 0 Å². The van der Waals surface area contributed by atoms with Crippen molar-refractivity contribution in [1.82, 2.24) is 5.32 Å². The molecule has 0 fully saturated rings. The number of carbonyl (C=O) groups is 1. The van der Waals surface area contributed by atoms with Crippen LogP contribution >= 0.6 is 11.3 Å². The summed E-state index contributed by atoms with van der Waals surface area (Å²) in [7, 11) is -2.55. The third-order valence-electron chi connectivity index (χ3n) is 4.57. The van der Waals surface area contributed by atoms with Crippen molar-refractivity contribution in [2.24, 2.45) is 0 Å². The van der Waals surface area contributed by atoms with Crippen molar-refractivity contribution >= 4 is 33.0 Å². The smallest absolute Gasteiger partial charge is 0.265 e. The molecule has 0 radical (unpaired) electrons. The van der Waals surface area contributed by atoms with E-state index in [4.69, 9.17) is 4.74 Å². The van der Waals surface area contributed by atoms with E-state index >= 15 is 0 Å². The van der Waals surface area contributed by atoms with Crippen LogP contribution in [0.5, 0.6) is 5.75 Å². The fourth-order valence-electron chi connectivity index (χ4n) is 2.90. The first-order valence-electron chi connectivity index (χ1n) is 9.53. The Morgan fingerprint density at radius 1 is 1.10 bits per heavy atom. The van der Waals surface area contributed by atoms with Gasteiger partial charge in [0.25, 0.3) is 15.9 Å². The summed E-state index contributed by atoms with van der Waals surface area (Å²) in [5.41, 5.74) is 1.81. The molecular formula is C22H24N2O4S2. The van der Waals surface area contributed by atoms with E-state index in [0.29, 0.717) is 12.2 Å². The third kappa shape index (κ3) is 5.40. The average Bonchev–Trinajstić information content (AvgIpc) is 3.27. The topological polar surface area (TPSA) is 84.5 Å². The number of aryl methyl sites for hydroxylation is 1. The summed E-state index contributed by atoms with van der Waals surface area (Å²) >= 11 is 1.63. The Bertz CT molecular complexity index is 1090. The van der Waals surface area contributed by atoms with Gasteiger partial charge in [-0.05, 0) is 60.2 Å². The highest BCUT2D eigenvalue weighted by atomic mass is 32.2. The standard InChI is InChI=1S/C22H24N2O4S2/c1-3-16-6-9-18(10-7-16)24-30(26,27)21-15-17(8-11-20(21)28-2)22(25)23-13-12-19-5-4-14-29-19/h4-11,14-15,24H,3,12-13H2,1-2H3,(H,23,25). The van der Waals surface area contributed by atoms with Crippen LogP contribution in [-0.4, -0.2) is 28.0 Å². The second kappa shape index (κ2) is 9.77. The van der Waals surface area contributed by atoms with Crippen molar-refractivity contribution in [2.45, 2.75) is 24.7 Å². The zero-order chi connectivity index (χ0) is 21.6. The molecule has 0 aliphatic rings. The summed E-state index contributed by atoms with van der Waals surface area (Å²) < 4.78 is 33.7. The normalized spacial score (nSPS) is 11.1. The van der Waals surface area contributed by atoms with Gasteiger partial charge in [-0.15, -0.1) is 11.3 Å². The maximum Gasteiger partial charge on any atom is 0.265 e. The fraction of sp³-hybridized carbons (Fsp3) is 0.227. The van der Waals surface area contributed by atoms with Crippen LogP contribution in [-0.2, 0) is 22.9 Å². The van der Waals surface area contributed by atoms with Crippen LogP contribution in [0.4, 0.5) is 5.69 Å². The van der Waals surface area contributed by atoms with E-state index < -0.39 is 10.0 Å². The first-order valence-corrected chi connectivity index (χ1v) is 11.9. The molecule has 1 heterocycles. The lowest BCUT2D eigenvalue weighted by Crippen LogP contribution is -2.26. The van der Waals surface area contributed by atoms with Gasteiger partial charge in [0.1, 0.15) is 10.6 Å². The number of anilines is 1. The van der Waals surface area contributed by atoms with Crippen LogP contribution in [0.15, 0.2) is 64.9 Å². The molecule has 158 valence electrons. The summed E-state index contributed by atoms with van der Waals surface area (Å²) in [5.74, 6) is -0.166. The van der Waals surface area contributed by atoms with Crippen molar-refractivity contribution in [3.8, 4) is 5.75 Å². The van der Waals surface area contributed by atoms with E-state index in [-0.39, 0.29) is 22.1 Å². The monoisotopic (exact) mass is 444 g/mol. The van der Waals surface area contributed by atoms with E-state index in [1.807, 2.05) is 36.6 Å². The molecule has 6 nitrogen and oxygen atoms in total. The molecule has 0 spiro atoms. The number of methoxy groups -OCH3 is 1. The Hall–Kier alpha value is -2.84. The largest absolute Gasteiger partial charge is 0.495 e. The maximum absolute atomic E-state index is 13.0. The molecular weight excluding hydrogens is 420 g/mol. The number of amides is 1. The summed E-state index contributed by atoms with van der Waals surface area (Å²) in [6.07, 6.45) is 1.59. The van der Waals surface area contributed by atoms with E-state index in [9.17, 15) is 13.2 Å². The molecule has 0 aliphatic heterocycles. The fourth-order valence-corrected chi connectivity index (χ4v) is 4.87. The molecule has 3 aromatic rings. The van der Waals surface area contributed by atoms with Gasteiger partial charge in [0, 0.05) is 22.7 Å².